The normalized spacial score (nSPS) is 13.4. The Morgan fingerprint density at radius 3 is 2.24 bits per heavy atom. The van der Waals surface area contributed by atoms with Gasteiger partial charge in [-0.2, -0.15) is 0 Å². The van der Waals surface area contributed by atoms with Crippen molar-refractivity contribution in [1.82, 2.24) is 18.7 Å². The molecule has 202 valence electrons. The van der Waals surface area contributed by atoms with Crippen molar-refractivity contribution in [1.29, 1.82) is 0 Å². The van der Waals surface area contributed by atoms with Gasteiger partial charge in [0.25, 0.3) is 0 Å². The van der Waals surface area contributed by atoms with Crippen LogP contribution in [-0.4, -0.2) is 18.7 Å². The van der Waals surface area contributed by atoms with Crippen LogP contribution in [0.2, 0.25) is 0 Å². The van der Waals surface area contributed by atoms with E-state index in [1.165, 1.54) is 10.1 Å². The van der Waals surface area contributed by atoms with Gasteiger partial charge in [-0.15, -0.1) is 0 Å². The molecule has 0 aliphatic rings. The van der Waals surface area contributed by atoms with Gasteiger partial charge < -0.3 is 4.74 Å². The molecule has 0 aliphatic carbocycles. The first-order valence-corrected chi connectivity index (χ1v) is 13.5. The van der Waals surface area contributed by atoms with Crippen LogP contribution in [0.4, 0.5) is 0 Å². The number of aryl methyl sites for hydroxylation is 1. The maximum atomic E-state index is 13.4. The van der Waals surface area contributed by atoms with Crippen molar-refractivity contribution in [3.63, 3.8) is 0 Å². The van der Waals surface area contributed by atoms with Crippen molar-refractivity contribution in [3.8, 4) is 23.0 Å². The Balaban J connectivity index is 1.34. The molecule has 6 nitrogen and oxygen atoms in total. The number of nitrogens with zero attached hydrogens (tertiary/aromatic N) is 4. The molecule has 7 rings (SSSR count). The molecule has 7 aromatic rings. The Morgan fingerprint density at radius 1 is 0.707 bits per heavy atom. The van der Waals surface area contributed by atoms with E-state index < -0.39 is 12.7 Å². The fraction of sp³-hybridized carbons (Fsp3) is 0.143. The Morgan fingerprint density at radius 2 is 1.44 bits per heavy atom. The number of hydrogen-bond acceptors (Lipinski definition) is 3. The molecule has 0 N–H and O–H groups in total. The maximum Gasteiger partial charge on any atom is 0.333 e. The summed E-state index contributed by atoms with van der Waals surface area (Å²) < 4.78 is 34.6. The van der Waals surface area contributed by atoms with Gasteiger partial charge in [-0.1, -0.05) is 57.2 Å². The summed E-state index contributed by atoms with van der Waals surface area (Å²) in [6.07, 6.45) is 1.85. The molecule has 0 unspecified atom stereocenters. The number of pyridine rings is 1. The third-order valence-corrected chi connectivity index (χ3v) is 7.54. The predicted octanol–water partition coefficient (Wildman–Crippen LogP) is 7.91. The first-order chi connectivity index (χ1) is 21.0. The molecule has 0 radical (unpaired) electrons. The van der Waals surface area contributed by atoms with Gasteiger partial charge in [-0.05, 0) is 65.6 Å². The third-order valence-electron chi connectivity index (χ3n) is 7.54. The van der Waals surface area contributed by atoms with Crippen LogP contribution in [0.5, 0.6) is 11.5 Å². The second kappa shape index (κ2) is 9.24. The van der Waals surface area contributed by atoms with Crippen molar-refractivity contribution in [2.24, 2.45) is 6.98 Å². The molecule has 0 saturated carbocycles. The molecule has 0 atom stereocenters. The van der Waals surface area contributed by atoms with Crippen LogP contribution in [0, 0.1) is 0 Å². The van der Waals surface area contributed by atoms with Gasteiger partial charge in [-0.3, -0.25) is 13.7 Å². The second-order valence-corrected chi connectivity index (χ2v) is 11.2. The topological polar surface area (TPSA) is 54.0 Å². The summed E-state index contributed by atoms with van der Waals surface area (Å²) in [6, 6.07) is 32.4. The fourth-order valence-electron chi connectivity index (χ4n) is 5.49. The lowest BCUT2D eigenvalue weighted by atomic mass is 9.88. The zero-order valence-corrected chi connectivity index (χ0v) is 23.0. The zero-order valence-electron chi connectivity index (χ0n) is 26.0. The molecular weight excluding hydrogens is 508 g/mol. The minimum absolute atomic E-state index is 0.0342. The van der Waals surface area contributed by atoms with Crippen LogP contribution < -0.4 is 10.4 Å². The van der Waals surface area contributed by atoms with E-state index in [1.54, 1.807) is 42.5 Å². The summed E-state index contributed by atoms with van der Waals surface area (Å²) in [4.78, 5) is 18.2. The van der Waals surface area contributed by atoms with Gasteiger partial charge >= 0.3 is 5.69 Å². The standard InChI is InChI=1S/C35H30N4O2/c1-35(2,3)23-18-19-36-33(20-23)39-29-13-6-5-12-27(29)28-17-16-26(22-32(28)39)41-25-11-9-10-24(21-25)38-31-15-8-7-14-30(31)37(4)34(38)40/h5-22H,1-4H3/i4D3. The van der Waals surface area contributed by atoms with E-state index in [1.807, 2.05) is 36.5 Å². The lowest BCUT2D eigenvalue weighted by Crippen LogP contribution is -2.20. The maximum absolute atomic E-state index is 13.4. The van der Waals surface area contributed by atoms with Gasteiger partial charge in [0, 0.05) is 40.2 Å². The molecule has 41 heavy (non-hydrogen) atoms. The van der Waals surface area contributed by atoms with Crippen LogP contribution in [-0.2, 0) is 12.4 Å². The van der Waals surface area contributed by atoms with Crippen molar-refractivity contribution in [3.05, 3.63) is 125 Å². The van der Waals surface area contributed by atoms with Crippen molar-refractivity contribution in [2.45, 2.75) is 26.2 Å². The summed E-state index contributed by atoms with van der Waals surface area (Å²) in [7, 11) is 0. The summed E-state index contributed by atoms with van der Waals surface area (Å²) >= 11 is 0. The van der Waals surface area contributed by atoms with Crippen LogP contribution >= 0.6 is 0 Å². The Kier molecular flexibility index (Phi) is 4.89. The van der Waals surface area contributed by atoms with E-state index >= 15 is 0 Å². The van der Waals surface area contributed by atoms with Crippen molar-refractivity contribution < 1.29 is 8.85 Å². The molecule has 4 aromatic carbocycles. The van der Waals surface area contributed by atoms with Crippen molar-refractivity contribution in [2.75, 3.05) is 0 Å². The SMILES string of the molecule is [2H]C([2H])([2H])n1c(=O)n(-c2cccc(Oc3ccc4c5ccccc5n(-c5cc(C(C)(C)C)ccn5)c4c3)c2)c2ccccc21. The minimum Gasteiger partial charge on any atom is -0.457 e. The molecule has 0 saturated heterocycles. The van der Waals surface area contributed by atoms with Gasteiger partial charge in [0.1, 0.15) is 17.3 Å². The minimum atomic E-state index is -2.62. The Labute approximate surface area is 241 Å². The highest BCUT2D eigenvalue weighted by Crippen LogP contribution is 2.36. The smallest absolute Gasteiger partial charge is 0.333 e. The quantitative estimate of drug-likeness (QED) is 0.228. The third kappa shape index (κ3) is 4.11. The number of hydrogen-bond donors (Lipinski definition) is 0. The van der Waals surface area contributed by atoms with Crippen molar-refractivity contribution >= 4 is 32.8 Å². The van der Waals surface area contributed by atoms with E-state index in [-0.39, 0.29) is 5.41 Å². The number of rotatable bonds is 4. The van der Waals surface area contributed by atoms with E-state index in [0.29, 0.717) is 28.2 Å². The average molecular weight is 542 g/mol. The molecule has 0 amide bonds. The Bertz CT molecular complexity index is 2270. The Hall–Kier alpha value is -5.10. The van der Waals surface area contributed by atoms with Crippen LogP contribution in [0.3, 0.4) is 0 Å². The first-order valence-electron chi connectivity index (χ1n) is 15.0. The first kappa shape index (κ1) is 21.7. The summed E-state index contributed by atoms with van der Waals surface area (Å²) in [5.74, 6) is 1.95. The lowest BCUT2D eigenvalue weighted by molar-refractivity contribution is 0.483. The van der Waals surface area contributed by atoms with Gasteiger partial charge in [0.05, 0.1) is 27.8 Å². The van der Waals surface area contributed by atoms with E-state index in [0.717, 1.165) is 32.2 Å². The molecule has 6 heteroatoms. The largest absolute Gasteiger partial charge is 0.457 e. The second-order valence-electron chi connectivity index (χ2n) is 11.2. The highest BCUT2D eigenvalue weighted by atomic mass is 16.5. The molecule has 3 heterocycles. The number of benzene rings is 4. The van der Waals surface area contributed by atoms with E-state index in [9.17, 15) is 4.79 Å². The van der Waals surface area contributed by atoms with Crippen LogP contribution in [0.1, 0.15) is 30.4 Å². The van der Waals surface area contributed by atoms with Gasteiger partial charge in [0.2, 0.25) is 0 Å². The number of aromatic nitrogens is 4. The number of para-hydroxylation sites is 3. The summed E-state index contributed by atoms with van der Waals surface area (Å²) in [6.45, 7) is 3.94. The lowest BCUT2D eigenvalue weighted by Gasteiger charge is -2.20. The predicted molar refractivity (Wildman–Crippen MR) is 166 cm³/mol. The zero-order chi connectivity index (χ0) is 30.8. The molecule has 0 fully saturated rings. The summed E-state index contributed by atoms with van der Waals surface area (Å²) in [5.41, 5.74) is 3.86. The van der Waals surface area contributed by atoms with Gasteiger partial charge in [-0.25, -0.2) is 9.78 Å². The number of ether oxygens (including phenoxy) is 1. The van der Waals surface area contributed by atoms with E-state index in [2.05, 4.69) is 55.7 Å². The molecule has 0 bridgehead atoms. The molecule has 0 aliphatic heterocycles. The average Bonchev–Trinajstić information content (AvgIpc) is 3.48. The van der Waals surface area contributed by atoms with Crippen LogP contribution in [0.15, 0.2) is 114 Å². The van der Waals surface area contributed by atoms with Gasteiger partial charge in [0.15, 0.2) is 0 Å². The monoisotopic (exact) mass is 541 g/mol. The highest BCUT2D eigenvalue weighted by molar-refractivity contribution is 6.09. The highest BCUT2D eigenvalue weighted by Gasteiger charge is 2.18. The molecule has 0 spiro atoms. The number of imidazole rings is 1. The number of fused-ring (bicyclic) bond motifs is 4. The van der Waals surface area contributed by atoms with E-state index in [4.69, 9.17) is 13.8 Å². The fourth-order valence-corrected chi connectivity index (χ4v) is 5.49. The summed E-state index contributed by atoms with van der Waals surface area (Å²) in [5, 5.41) is 2.19. The molecular formula is C35H30N4O2. The molecule has 3 aromatic heterocycles. The van der Waals surface area contributed by atoms with Crippen LogP contribution in [0.25, 0.3) is 44.3 Å².